The Morgan fingerprint density at radius 2 is 1.98 bits per heavy atom. The minimum Gasteiger partial charge on any atom is -0.355 e. The number of nitrogens with zero attached hydrogens (tertiary/aromatic N) is 5. The van der Waals surface area contributed by atoms with Crippen molar-refractivity contribution in [3.63, 3.8) is 0 Å². The number of aromatic nitrogens is 5. The summed E-state index contributed by atoms with van der Waals surface area (Å²) in [7, 11) is 0. The van der Waals surface area contributed by atoms with Crippen LogP contribution in [0.1, 0.15) is 80.8 Å². The number of amides is 2. The van der Waals surface area contributed by atoms with E-state index in [1.807, 2.05) is 6.92 Å². The number of nitrogens with one attached hydrogen (secondary N) is 2. The minimum absolute atomic E-state index is 0.0660. The molecule has 5 rings (SSSR count). The average Bonchev–Trinajstić information content (AvgIpc) is 3.55. The first-order valence-electron chi connectivity index (χ1n) is 14.0. The fourth-order valence-electron chi connectivity index (χ4n) is 6.15. The number of halogens is 3. The van der Waals surface area contributed by atoms with E-state index in [1.165, 1.54) is 0 Å². The molecule has 0 spiro atoms. The van der Waals surface area contributed by atoms with Crippen molar-refractivity contribution in [2.45, 2.75) is 78.1 Å². The predicted octanol–water partition coefficient (Wildman–Crippen LogP) is 4.49. The van der Waals surface area contributed by atoms with Crippen LogP contribution in [0.3, 0.4) is 0 Å². The van der Waals surface area contributed by atoms with Gasteiger partial charge in [-0.2, -0.15) is 23.4 Å². The molecule has 1 saturated carbocycles. The standard InChI is InChI=1S/C28H36F3N7O2/c1-4-37-22(11-12-33-37)25(39)35-24(18-7-5-17(2)6-8-18)21-16-38-23(34-21)10-9-20(36-38)14-27(3)13-19(28(29,30)31)15-32-26(27)40/h9-12,16-19,24H,4-8,13-15H2,1-3H3,(H,32,40)(H,35,39)/t17-,18-,19-,24+,27?/m1/s1. The van der Waals surface area contributed by atoms with E-state index in [-0.39, 0.29) is 30.7 Å². The minimum atomic E-state index is -4.38. The van der Waals surface area contributed by atoms with Gasteiger partial charge in [0.25, 0.3) is 5.91 Å². The lowest BCUT2D eigenvalue weighted by molar-refractivity contribution is -0.189. The number of hydrogen-bond donors (Lipinski definition) is 2. The highest BCUT2D eigenvalue weighted by Gasteiger charge is 2.49. The molecule has 1 saturated heterocycles. The van der Waals surface area contributed by atoms with Gasteiger partial charge in [-0.25, -0.2) is 9.50 Å². The molecular formula is C28H36F3N7O2. The predicted molar refractivity (Wildman–Crippen MR) is 141 cm³/mol. The SMILES string of the molecule is CCn1nccc1C(=O)N[C@H](c1cn2nc(CC3(C)C[C@@H](C(F)(F)F)CNC3=O)ccc2n1)[C@H]1CC[C@H](C)CC1. The van der Waals surface area contributed by atoms with Gasteiger partial charge in [-0.3, -0.25) is 14.3 Å². The van der Waals surface area contributed by atoms with E-state index in [0.29, 0.717) is 35.2 Å². The van der Waals surface area contributed by atoms with Crippen LogP contribution in [0.5, 0.6) is 0 Å². The highest BCUT2D eigenvalue weighted by atomic mass is 19.4. The Bertz CT molecular complexity index is 1380. The van der Waals surface area contributed by atoms with Crippen molar-refractivity contribution < 1.29 is 22.8 Å². The first-order valence-corrected chi connectivity index (χ1v) is 14.0. The van der Waals surface area contributed by atoms with Crippen LogP contribution in [0.2, 0.25) is 0 Å². The van der Waals surface area contributed by atoms with Gasteiger partial charge in [0.05, 0.1) is 35.0 Å². The highest BCUT2D eigenvalue weighted by molar-refractivity contribution is 5.92. The maximum absolute atomic E-state index is 13.4. The van der Waals surface area contributed by atoms with Gasteiger partial charge < -0.3 is 10.6 Å². The molecule has 0 bridgehead atoms. The molecule has 3 aromatic rings. The van der Waals surface area contributed by atoms with E-state index < -0.39 is 30.0 Å². The van der Waals surface area contributed by atoms with Crippen LogP contribution in [0.25, 0.3) is 5.65 Å². The normalized spacial score (nSPS) is 26.4. The van der Waals surface area contributed by atoms with Gasteiger partial charge >= 0.3 is 6.18 Å². The second kappa shape index (κ2) is 10.9. The van der Waals surface area contributed by atoms with Crippen LogP contribution in [-0.4, -0.2) is 48.9 Å². The van der Waals surface area contributed by atoms with Crippen molar-refractivity contribution in [1.29, 1.82) is 0 Å². The lowest BCUT2D eigenvalue weighted by Crippen LogP contribution is -2.52. The Balaban J connectivity index is 1.41. The summed E-state index contributed by atoms with van der Waals surface area (Å²) in [5.74, 6) is -1.38. The number of piperidine rings is 1. The molecular weight excluding hydrogens is 523 g/mol. The van der Waals surface area contributed by atoms with Gasteiger partial charge in [-0.15, -0.1) is 0 Å². The van der Waals surface area contributed by atoms with E-state index >= 15 is 0 Å². The largest absolute Gasteiger partial charge is 0.393 e. The molecule has 4 heterocycles. The molecule has 0 radical (unpaired) electrons. The quantitative estimate of drug-likeness (QED) is 0.444. The zero-order chi connectivity index (χ0) is 28.7. The zero-order valence-electron chi connectivity index (χ0n) is 23.0. The van der Waals surface area contributed by atoms with E-state index in [4.69, 9.17) is 4.98 Å². The third kappa shape index (κ3) is 5.71. The first-order chi connectivity index (χ1) is 19.0. The second-order valence-corrected chi connectivity index (χ2v) is 11.7. The summed E-state index contributed by atoms with van der Waals surface area (Å²) in [4.78, 5) is 30.7. The van der Waals surface area contributed by atoms with Crippen molar-refractivity contribution in [3.8, 4) is 0 Å². The van der Waals surface area contributed by atoms with Crippen LogP contribution in [0.4, 0.5) is 13.2 Å². The molecule has 2 fully saturated rings. The number of aryl methyl sites for hydroxylation is 1. The van der Waals surface area contributed by atoms with Crippen molar-refractivity contribution in [3.05, 3.63) is 47.7 Å². The molecule has 3 atom stereocenters. The Morgan fingerprint density at radius 3 is 2.67 bits per heavy atom. The van der Waals surface area contributed by atoms with Crippen LogP contribution < -0.4 is 10.6 Å². The number of alkyl halides is 3. The number of fused-ring (bicyclic) bond motifs is 1. The third-order valence-electron chi connectivity index (χ3n) is 8.57. The molecule has 2 amide bonds. The van der Waals surface area contributed by atoms with Crippen LogP contribution in [0, 0.1) is 23.2 Å². The van der Waals surface area contributed by atoms with Gasteiger partial charge in [0.1, 0.15) is 5.69 Å². The second-order valence-electron chi connectivity index (χ2n) is 11.7. The topological polar surface area (TPSA) is 106 Å². The summed E-state index contributed by atoms with van der Waals surface area (Å²) in [6, 6.07) is 4.82. The van der Waals surface area contributed by atoms with Crippen LogP contribution in [0.15, 0.2) is 30.6 Å². The zero-order valence-corrected chi connectivity index (χ0v) is 23.0. The Hall–Kier alpha value is -3.44. The number of rotatable bonds is 7. The van der Waals surface area contributed by atoms with Crippen molar-refractivity contribution >= 4 is 17.5 Å². The Labute approximate surface area is 230 Å². The van der Waals surface area contributed by atoms with E-state index in [2.05, 4.69) is 27.8 Å². The Morgan fingerprint density at radius 1 is 1.23 bits per heavy atom. The van der Waals surface area contributed by atoms with E-state index in [1.54, 1.807) is 46.7 Å². The van der Waals surface area contributed by atoms with Crippen LogP contribution in [-0.2, 0) is 17.8 Å². The molecule has 40 heavy (non-hydrogen) atoms. The lowest BCUT2D eigenvalue weighted by atomic mass is 9.73. The fourth-order valence-corrected chi connectivity index (χ4v) is 6.15. The first kappa shape index (κ1) is 28.1. The molecule has 1 aliphatic carbocycles. The van der Waals surface area contributed by atoms with Gasteiger partial charge in [-0.05, 0) is 56.2 Å². The van der Waals surface area contributed by atoms with Crippen molar-refractivity contribution in [2.24, 2.45) is 23.2 Å². The summed E-state index contributed by atoms with van der Waals surface area (Å²) >= 11 is 0. The van der Waals surface area contributed by atoms with Crippen molar-refractivity contribution in [1.82, 2.24) is 35.0 Å². The summed E-state index contributed by atoms with van der Waals surface area (Å²) in [5.41, 5.74) is 0.985. The van der Waals surface area contributed by atoms with E-state index in [0.717, 1.165) is 25.7 Å². The molecule has 1 unspecified atom stereocenters. The summed E-state index contributed by atoms with van der Waals surface area (Å²) in [6.07, 6.45) is 2.83. The molecule has 2 N–H and O–H groups in total. The van der Waals surface area contributed by atoms with Gasteiger partial charge in [0, 0.05) is 25.7 Å². The third-order valence-corrected chi connectivity index (χ3v) is 8.57. The van der Waals surface area contributed by atoms with Crippen molar-refractivity contribution in [2.75, 3.05) is 6.54 Å². The van der Waals surface area contributed by atoms with Crippen LogP contribution >= 0.6 is 0 Å². The molecule has 1 aliphatic heterocycles. The maximum atomic E-state index is 13.4. The number of imidazole rings is 1. The number of hydrogen-bond acceptors (Lipinski definition) is 5. The fraction of sp³-hybridized carbons (Fsp3) is 0.607. The molecule has 3 aromatic heterocycles. The molecule has 0 aromatic carbocycles. The summed E-state index contributed by atoms with van der Waals surface area (Å²) in [5, 5.41) is 14.5. The monoisotopic (exact) mass is 559 g/mol. The van der Waals surface area contributed by atoms with Gasteiger partial charge in [-0.1, -0.05) is 26.7 Å². The number of carbonyl (C=O) groups is 2. The Kier molecular flexibility index (Phi) is 7.62. The maximum Gasteiger partial charge on any atom is 0.393 e. The summed E-state index contributed by atoms with van der Waals surface area (Å²) in [6.45, 7) is 5.90. The summed E-state index contributed by atoms with van der Waals surface area (Å²) < 4.78 is 43.5. The number of carbonyl (C=O) groups excluding carboxylic acids is 2. The molecule has 12 heteroatoms. The average molecular weight is 560 g/mol. The van der Waals surface area contributed by atoms with Gasteiger partial charge in [0.2, 0.25) is 5.91 Å². The van der Waals surface area contributed by atoms with Gasteiger partial charge in [0.15, 0.2) is 5.65 Å². The van der Waals surface area contributed by atoms with E-state index in [9.17, 15) is 22.8 Å². The smallest absolute Gasteiger partial charge is 0.355 e. The molecule has 9 nitrogen and oxygen atoms in total. The highest BCUT2D eigenvalue weighted by Crippen LogP contribution is 2.41. The lowest BCUT2D eigenvalue weighted by Gasteiger charge is -2.37. The molecule has 216 valence electrons. The molecule has 2 aliphatic rings.